The number of hydrogen-bond donors (Lipinski definition) is 0. The second kappa shape index (κ2) is 7.15. The van der Waals surface area contributed by atoms with Gasteiger partial charge in [0.15, 0.2) is 0 Å². The van der Waals surface area contributed by atoms with Crippen molar-refractivity contribution in [3.63, 3.8) is 0 Å². The lowest BCUT2D eigenvalue weighted by Gasteiger charge is -2.10. The number of rotatable bonds is 3. The van der Waals surface area contributed by atoms with Gasteiger partial charge in [-0.15, -0.1) is 4.68 Å². The normalized spacial score (nSPS) is 10.9. The molecule has 2 aromatic rings. The lowest BCUT2D eigenvalue weighted by molar-refractivity contribution is 0.130. The van der Waals surface area contributed by atoms with Crippen LogP contribution in [0.1, 0.15) is 19.4 Å². The van der Waals surface area contributed by atoms with Crippen LogP contribution in [0.3, 0.4) is 0 Å². The molecule has 0 aliphatic carbocycles. The Morgan fingerprint density at radius 3 is 2.43 bits per heavy atom. The fraction of sp³-hybridized carbons (Fsp3) is 0.312. The van der Waals surface area contributed by atoms with E-state index in [2.05, 4.69) is 5.10 Å². The molecule has 1 heterocycles. The van der Waals surface area contributed by atoms with E-state index in [1.807, 2.05) is 13.8 Å². The molecule has 0 saturated carbocycles. The van der Waals surface area contributed by atoms with Crippen molar-refractivity contribution in [2.75, 3.05) is 6.61 Å². The Bertz CT molecular complexity index is 777. The van der Waals surface area contributed by atoms with Gasteiger partial charge < -0.3 is 4.74 Å². The Labute approximate surface area is 143 Å². The lowest BCUT2D eigenvalue weighted by atomic mass is 10.1. The molecule has 0 N–H and O–H groups in total. The molecule has 122 valence electrons. The molecule has 1 aromatic carbocycles. The van der Waals surface area contributed by atoms with E-state index in [1.165, 1.54) is 12.1 Å². The fourth-order valence-corrected chi connectivity index (χ4v) is 2.28. The zero-order valence-electron chi connectivity index (χ0n) is 13.0. The summed E-state index contributed by atoms with van der Waals surface area (Å²) in [7, 11) is 0. The number of carbonyl (C=O) groups is 1. The molecular weight excluding hydrogens is 339 g/mol. The first kappa shape index (κ1) is 17.5. The molecule has 0 spiro atoms. The van der Waals surface area contributed by atoms with Crippen molar-refractivity contribution in [3.05, 3.63) is 50.2 Å². The predicted octanol–water partition coefficient (Wildman–Crippen LogP) is 4.17. The highest BCUT2D eigenvalue weighted by Gasteiger charge is 2.14. The molecule has 0 aliphatic heterocycles. The molecule has 0 aliphatic rings. The van der Waals surface area contributed by atoms with Gasteiger partial charge in [-0.05, 0) is 36.6 Å². The van der Waals surface area contributed by atoms with Gasteiger partial charge in [0, 0.05) is 21.7 Å². The number of hydrogen-bond acceptors (Lipinski definition) is 4. The Balaban J connectivity index is 2.41. The van der Waals surface area contributed by atoms with Crippen molar-refractivity contribution in [1.29, 1.82) is 0 Å². The van der Waals surface area contributed by atoms with Gasteiger partial charge in [-0.1, -0.05) is 37.0 Å². The third-order valence-corrected chi connectivity index (χ3v) is 3.88. The Kier molecular flexibility index (Phi) is 5.44. The van der Waals surface area contributed by atoms with E-state index in [0.717, 1.165) is 5.56 Å². The summed E-state index contributed by atoms with van der Waals surface area (Å²) in [5, 5.41) is 5.01. The van der Waals surface area contributed by atoms with Gasteiger partial charge in [0.05, 0.1) is 12.3 Å². The maximum absolute atomic E-state index is 12.0. The first-order valence-electron chi connectivity index (χ1n) is 7.03. The highest BCUT2D eigenvalue weighted by atomic mass is 35.5. The molecule has 0 radical (unpaired) electrons. The third kappa shape index (κ3) is 4.12. The fourth-order valence-electron chi connectivity index (χ4n) is 1.79. The summed E-state index contributed by atoms with van der Waals surface area (Å²) in [4.78, 5) is 23.8. The van der Waals surface area contributed by atoms with Crippen molar-refractivity contribution in [1.82, 2.24) is 9.78 Å². The SMILES string of the molecule is Cc1c(Cl)cc(-c2ccc(=O)n(C(=O)OCC(C)C)n2)cc1Cl. The van der Waals surface area contributed by atoms with Crippen molar-refractivity contribution >= 4 is 29.3 Å². The zero-order chi connectivity index (χ0) is 17.1. The standard InChI is InChI=1S/C16H16Cl2N2O3/c1-9(2)8-23-16(22)20-15(21)5-4-14(19-20)11-6-12(17)10(3)13(18)7-11/h4-7,9H,8H2,1-3H3. The first-order valence-corrected chi connectivity index (χ1v) is 7.78. The molecule has 23 heavy (non-hydrogen) atoms. The summed E-state index contributed by atoms with van der Waals surface area (Å²) in [6, 6.07) is 6.12. The van der Waals surface area contributed by atoms with E-state index in [0.29, 0.717) is 26.0 Å². The van der Waals surface area contributed by atoms with Gasteiger partial charge in [0.1, 0.15) is 0 Å². The molecule has 1 aromatic heterocycles. The van der Waals surface area contributed by atoms with Crippen LogP contribution >= 0.6 is 23.2 Å². The van der Waals surface area contributed by atoms with Crippen LogP contribution in [0.25, 0.3) is 11.3 Å². The third-order valence-electron chi connectivity index (χ3n) is 3.09. The smallest absolute Gasteiger partial charge is 0.438 e. The summed E-state index contributed by atoms with van der Waals surface area (Å²) >= 11 is 12.2. The second-order valence-electron chi connectivity index (χ2n) is 5.50. The molecule has 0 saturated heterocycles. The summed E-state index contributed by atoms with van der Waals surface area (Å²) in [5.74, 6) is 0.160. The average Bonchev–Trinajstić information content (AvgIpc) is 2.50. The first-order chi connectivity index (χ1) is 10.8. The van der Waals surface area contributed by atoms with Gasteiger partial charge in [0.25, 0.3) is 5.56 Å². The summed E-state index contributed by atoms with van der Waals surface area (Å²) in [5.41, 5.74) is 1.19. The molecule has 0 fully saturated rings. The predicted molar refractivity (Wildman–Crippen MR) is 90.3 cm³/mol. The largest absolute Gasteiger partial charge is 0.448 e. The van der Waals surface area contributed by atoms with Crippen LogP contribution in [-0.4, -0.2) is 22.5 Å². The molecule has 0 atom stereocenters. The van der Waals surface area contributed by atoms with Crippen LogP contribution in [0.15, 0.2) is 29.1 Å². The van der Waals surface area contributed by atoms with Crippen molar-refractivity contribution in [2.45, 2.75) is 20.8 Å². The quantitative estimate of drug-likeness (QED) is 0.829. The Hall–Kier alpha value is -1.85. The highest BCUT2D eigenvalue weighted by molar-refractivity contribution is 6.36. The van der Waals surface area contributed by atoms with E-state index in [4.69, 9.17) is 27.9 Å². The van der Waals surface area contributed by atoms with Gasteiger partial charge >= 0.3 is 6.09 Å². The number of benzene rings is 1. The number of halogens is 2. The number of ether oxygens (including phenoxy) is 1. The van der Waals surface area contributed by atoms with Crippen molar-refractivity contribution in [2.24, 2.45) is 5.92 Å². The van der Waals surface area contributed by atoms with Gasteiger partial charge in [-0.3, -0.25) is 4.79 Å². The van der Waals surface area contributed by atoms with Crippen LogP contribution in [0.2, 0.25) is 10.0 Å². The molecule has 5 nitrogen and oxygen atoms in total. The van der Waals surface area contributed by atoms with Crippen LogP contribution in [0.4, 0.5) is 4.79 Å². The maximum Gasteiger partial charge on any atom is 0.438 e. The summed E-state index contributed by atoms with van der Waals surface area (Å²) < 4.78 is 5.73. The van der Waals surface area contributed by atoms with Crippen LogP contribution in [-0.2, 0) is 4.74 Å². The van der Waals surface area contributed by atoms with Crippen LogP contribution < -0.4 is 5.56 Å². The topological polar surface area (TPSA) is 61.2 Å². The van der Waals surface area contributed by atoms with Crippen LogP contribution in [0, 0.1) is 12.8 Å². The molecular formula is C16H16Cl2N2O3. The van der Waals surface area contributed by atoms with Gasteiger partial charge in [-0.2, -0.15) is 5.10 Å². The molecule has 7 heteroatoms. The molecule has 2 rings (SSSR count). The van der Waals surface area contributed by atoms with E-state index >= 15 is 0 Å². The van der Waals surface area contributed by atoms with E-state index in [9.17, 15) is 9.59 Å². The minimum absolute atomic E-state index is 0.160. The van der Waals surface area contributed by atoms with Crippen molar-refractivity contribution < 1.29 is 9.53 Å². The number of aromatic nitrogens is 2. The van der Waals surface area contributed by atoms with Crippen molar-refractivity contribution in [3.8, 4) is 11.3 Å². The highest BCUT2D eigenvalue weighted by Crippen LogP contribution is 2.29. The maximum atomic E-state index is 12.0. The van der Waals surface area contributed by atoms with E-state index < -0.39 is 11.7 Å². The molecule has 0 amide bonds. The zero-order valence-corrected chi connectivity index (χ0v) is 14.5. The number of nitrogens with zero attached hydrogens (tertiary/aromatic N) is 2. The van der Waals surface area contributed by atoms with E-state index in [-0.39, 0.29) is 12.5 Å². The van der Waals surface area contributed by atoms with E-state index in [1.54, 1.807) is 19.1 Å². The second-order valence-corrected chi connectivity index (χ2v) is 6.32. The lowest BCUT2D eigenvalue weighted by Crippen LogP contribution is -2.30. The summed E-state index contributed by atoms with van der Waals surface area (Å²) in [6.45, 7) is 5.80. The summed E-state index contributed by atoms with van der Waals surface area (Å²) in [6.07, 6.45) is -0.810. The molecule has 0 unspecified atom stereocenters. The number of carbonyl (C=O) groups excluding carboxylic acids is 1. The molecule has 0 bridgehead atoms. The monoisotopic (exact) mass is 354 g/mol. The minimum atomic E-state index is -0.810. The van der Waals surface area contributed by atoms with Gasteiger partial charge in [-0.25, -0.2) is 4.79 Å². The van der Waals surface area contributed by atoms with Crippen LogP contribution in [0.5, 0.6) is 0 Å². The average molecular weight is 355 g/mol. The van der Waals surface area contributed by atoms with Gasteiger partial charge in [0.2, 0.25) is 0 Å². The Morgan fingerprint density at radius 2 is 1.87 bits per heavy atom. The Morgan fingerprint density at radius 1 is 1.26 bits per heavy atom. The minimum Gasteiger partial charge on any atom is -0.448 e.